The van der Waals surface area contributed by atoms with Gasteiger partial charge in [0.15, 0.2) is 5.60 Å². The number of hydrogen-bond donors (Lipinski definition) is 3. The Balaban J connectivity index is 1.42. The number of likely N-dealkylation sites (tertiary alicyclic amines) is 1. The van der Waals surface area contributed by atoms with Crippen molar-refractivity contribution in [3.63, 3.8) is 0 Å². The number of halogens is 1. The Hall–Kier alpha value is -2.91. The number of alkyl halides is 1. The highest BCUT2D eigenvalue weighted by atomic mass is 35.5. The molecule has 38 heavy (non-hydrogen) atoms. The second-order valence-electron chi connectivity index (χ2n) is 11.2. The van der Waals surface area contributed by atoms with Crippen LogP contribution in [0.4, 0.5) is 4.79 Å². The lowest BCUT2D eigenvalue weighted by atomic mass is 9.79. The third-order valence-electron chi connectivity index (χ3n) is 7.20. The van der Waals surface area contributed by atoms with Gasteiger partial charge in [0.05, 0.1) is 5.38 Å². The van der Waals surface area contributed by atoms with Crippen molar-refractivity contribution in [1.29, 1.82) is 0 Å². The molecule has 2 aliphatic carbocycles. The molecule has 0 bridgehead atoms. The van der Waals surface area contributed by atoms with E-state index in [1.54, 1.807) is 39.2 Å². The summed E-state index contributed by atoms with van der Waals surface area (Å²) in [7, 11) is 0. The lowest BCUT2D eigenvalue weighted by Gasteiger charge is -2.37. The van der Waals surface area contributed by atoms with E-state index in [1.165, 1.54) is 4.90 Å². The van der Waals surface area contributed by atoms with E-state index >= 15 is 0 Å². The maximum absolute atomic E-state index is 13.6. The van der Waals surface area contributed by atoms with E-state index in [-0.39, 0.29) is 24.4 Å². The first-order valence-corrected chi connectivity index (χ1v) is 13.7. The Morgan fingerprint density at radius 3 is 2.79 bits per heavy atom. The average Bonchev–Trinajstić information content (AvgIpc) is 3.35. The Morgan fingerprint density at radius 1 is 1.24 bits per heavy atom. The van der Waals surface area contributed by atoms with Crippen LogP contribution in [0.2, 0.25) is 0 Å². The molecule has 1 aromatic rings. The third kappa shape index (κ3) is 6.38. The molecule has 1 saturated heterocycles. The van der Waals surface area contributed by atoms with E-state index in [2.05, 4.69) is 15.6 Å². The van der Waals surface area contributed by atoms with Crippen LogP contribution in [0.1, 0.15) is 64.0 Å². The molecule has 3 amide bonds. The van der Waals surface area contributed by atoms with Gasteiger partial charge in [-0.15, -0.1) is 11.6 Å². The number of hydrogen-bond acceptors (Lipinski definition) is 6. The maximum Gasteiger partial charge on any atom is 0.407 e. The molecule has 0 spiro atoms. The molecule has 3 N–H and O–H groups in total. The van der Waals surface area contributed by atoms with Crippen LogP contribution in [0.25, 0.3) is 0 Å². The van der Waals surface area contributed by atoms with E-state index < -0.39 is 29.2 Å². The SMILES string of the molecule is CC(C)(C)OC(=O)NCC1=C(CNC(=O)[C@@H]2CCCN2C(=O)C2(O)CCCc3cnccc32)CC(Cl)C=C1. The van der Waals surface area contributed by atoms with Crippen molar-refractivity contribution in [2.75, 3.05) is 19.6 Å². The number of aliphatic hydroxyl groups is 1. The first-order valence-electron chi connectivity index (χ1n) is 13.2. The molecule has 2 unspecified atom stereocenters. The van der Waals surface area contributed by atoms with Gasteiger partial charge in [-0.05, 0) is 87.6 Å². The Bertz CT molecular complexity index is 1140. The fourth-order valence-corrected chi connectivity index (χ4v) is 5.64. The normalized spacial score (nSPS) is 25.1. The summed E-state index contributed by atoms with van der Waals surface area (Å²) in [5, 5.41) is 17.0. The zero-order valence-corrected chi connectivity index (χ0v) is 23.0. The number of fused-ring (bicyclic) bond motifs is 1. The van der Waals surface area contributed by atoms with Crippen molar-refractivity contribution in [1.82, 2.24) is 20.5 Å². The minimum Gasteiger partial charge on any atom is -0.444 e. The molecule has 206 valence electrons. The van der Waals surface area contributed by atoms with Gasteiger partial charge in [-0.1, -0.05) is 12.2 Å². The third-order valence-corrected chi connectivity index (χ3v) is 7.50. The van der Waals surface area contributed by atoms with Crippen molar-refractivity contribution in [3.05, 3.63) is 52.9 Å². The largest absolute Gasteiger partial charge is 0.444 e. The Morgan fingerprint density at radius 2 is 2.03 bits per heavy atom. The van der Waals surface area contributed by atoms with Crippen LogP contribution in [-0.4, -0.2) is 69.6 Å². The summed E-state index contributed by atoms with van der Waals surface area (Å²) in [5.74, 6) is -0.692. The smallest absolute Gasteiger partial charge is 0.407 e. The van der Waals surface area contributed by atoms with Gasteiger partial charge in [0.25, 0.3) is 5.91 Å². The van der Waals surface area contributed by atoms with Gasteiger partial charge in [0, 0.05) is 32.0 Å². The number of ether oxygens (including phenoxy) is 1. The lowest BCUT2D eigenvalue weighted by molar-refractivity contribution is -0.157. The van der Waals surface area contributed by atoms with Gasteiger partial charge in [-0.25, -0.2) is 4.79 Å². The maximum atomic E-state index is 13.6. The molecular formula is C28H37ClN4O5. The number of carbonyl (C=O) groups excluding carboxylic acids is 3. The van der Waals surface area contributed by atoms with Gasteiger partial charge in [0.1, 0.15) is 11.6 Å². The van der Waals surface area contributed by atoms with E-state index in [4.69, 9.17) is 16.3 Å². The summed E-state index contributed by atoms with van der Waals surface area (Å²) < 4.78 is 5.31. The molecular weight excluding hydrogens is 508 g/mol. The van der Waals surface area contributed by atoms with Crippen molar-refractivity contribution < 1.29 is 24.2 Å². The summed E-state index contributed by atoms with van der Waals surface area (Å²) in [6, 6.07) is 1.05. The average molecular weight is 545 g/mol. The molecule has 0 saturated carbocycles. The van der Waals surface area contributed by atoms with Gasteiger partial charge in [-0.2, -0.15) is 0 Å². The van der Waals surface area contributed by atoms with E-state index in [0.717, 1.165) is 23.1 Å². The van der Waals surface area contributed by atoms with E-state index in [1.807, 2.05) is 12.2 Å². The minimum atomic E-state index is -1.65. The van der Waals surface area contributed by atoms with Crippen LogP contribution in [-0.2, 0) is 26.3 Å². The predicted molar refractivity (Wildman–Crippen MR) is 143 cm³/mol. The summed E-state index contributed by atoms with van der Waals surface area (Å²) in [6.07, 6.45) is 9.98. The molecule has 3 aliphatic rings. The summed E-state index contributed by atoms with van der Waals surface area (Å²) >= 11 is 6.35. The molecule has 3 atom stereocenters. The number of allylic oxidation sites excluding steroid dienone is 1. The quantitative estimate of drug-likeness (QED) is 0.473. The summed E-state index contributed by atoms with van der Waals surface area (Å²) in [4.78, 5) is 44.7. The molecule has 2 heterocycles. The molecule has 1 fully saturated rings. The number of aromatic nitrogens is 1. The van der Waals surface area contributed by atoms with E-state index in [0.29, 0.717) is 44.2 Å². The van der Waals surface area contributed by atoms with Crippen LogP contribution < -0.4 is 10.6 Å². The van der Waals surface area contributed by atoms with Gasteiger partial charge in [0.2, 0.25) is 5.91 Å². The zero-order valence-electron chi connectivity index (χ0n) is 22.3. The highest BCUT2D eigenvalue weighted by molar-refractivity contribution is 6.22. The molecule has 4 rings (SSSR count). The number of carbonyl (C=O) groups is 3. The van der Waals surface area contributed by atoms with Crippen molar-refractivity contribution in [2.45, 2.75) is 81.9 Å². The van der Waals surface area contributed by atoms with E-state index in [9.17, 15) is 19.5 Å². The van der Waals surface area contributed by atoms with Crippen LogP contribution >= 0.6 is 11.6 Å². The second-order valence-corrected chi connectivity index (χ2v) is 11.7. The fourth-order valence-electron chi connectivity index (χ4n) is 5.38. The number of nitrogens with zero attached hydrogens (tertiary/aromatic N) is 2. The Labute approximate surface area is 228 Å². The summed E-state index contributed by atoms with van der Waals surface area (Å²) in [5.41, 5.74) is 0.962. The zero-order chi connectivity index (χ0) is 27.5. The standard InChI is InChI=1S/C28H37ClN4O5/c1-27(2,3)38-26(36)32-16-18-8-9-21(29)14-20(18)17-31-24(34)23-7-5-13-33(23)25(35)28(37)11-4-6-19-15-30-12-10-22(19)28/h8-10,12,15,21,23,37H,4-7,11,13-14,16-17H2,1-3H3,(H,31,34)(H,32,36)/t21?,23-,28?/m0/s1. The van der Waals surface area contributed by atoms with Crippen LogP contribution in [0.3, 0.4) is 0 Å². The number of amides is 3. The number of aryl methyl sites for hydroxylation is 1. The Kier molecular flexibility index (Phi) is 8.47. The molecule has 0 aromatic carbocycles. The van der Waals surface area contributed by atoms with Crippen LogP contribution in [0.5, 0.6) is 0 Å². The highest BCUT2D eigenvalue weighted by Crippen LogP contribution is 2.38. The number of alkyl carbamates (subject to hydrolysis) is 1. The van der Waals surface area contributed by atoms with Crippen molar-refractivity contribution in [2.24, 2.45) is 0 Å². The molecule has 0 radical (unpaired) electrons. The second kappa shape index (κ2) is 11.5. The number of pyridine rings is 1. The molecule has 1 aliphatic heterocycles. The first kappa shape index (κ1) is 28.1. The van der Waals surface area contributed by atoms with Crippen molar-refractivity contribution >= 4 is 29.5 Å². The van der Waals surface area contributed by atoms with Gasteiger partial charge >= 0.3 is 6.09 Å². The first-order chi connectivity index (χ1) is 18.0. The minimum absolute atomic E-state index is 0.216. The van der Waals surface area contributed by atoms with Gasteiger partial charge < -0.3 is 25.4 Å². The number of nitrogens with one attached hydrogen (secondary N) is 2. The molecule has 9 nitrogen and oxygen atoms in total. The summed E-state index contributed by atoms with van der Waals surface area (Å²) in [6.45, 7) is 6.30. The van der Waals surface area contributed by atoms with Gasteiger partial charge in [-0.3, -0.25) is 14.6 Å². The molecule has 10 heteroatoms. The van der Waals surface area contributed by atoms with Crippen molar-refractivity contribution in [3.8, 4) is 0 Å². The number of rotatable bonds is 6. The highest BCUT2D eigenvalue weighted by Gasteiger charge is 2.47. The predicted octanol–water partition coefficient (Wildman–Crippen LogP) is 3.10. The topological polar surface area (TPSA) is 121 Å². The lowest BCUT2D eigenvalue weighted by Crippen LogP contribution is -2.54. The molecule has 1 aromatic heterocycles. The van der Waals surface area contributed by atoms with Crippen LogP contribution in [0.15, 0.2) is 41.8 Å². The fraction of sp³-hybridized carbons (Fsp3) is 0.571. The monoisotopic (exact) mass is 544 g/mol. The van der Waals surface area contributed by atoms with Crippen LogP contribution in [0, 0.1) is 0 Å².